The summed E-state index contributed by atoms with van der Waals surface area (Å²) in [5, 5.41) is 0. The second-order valence-electron chi connectivity index (χ2n) is 7.60. The molecule has 1 saturated carbocycles. The number of carbonyl (C=O) groups excluding carboxylic acids is 1. The highest BCUT2D eigenvalue weighted by Gasteiger charge is 2.46. The first-order chi connectivity index (χ1) is 11.9. The summed E-state index contributed by atoms with van der Waals surface area (Å²) in [7, 11) is -4.47. The molecule has 1 aliphatic carbocycles. The zero-order chi connectivity index (χ0) is 19.6. The lowest BCUT2D eigenvalue weighted by Crippen LogP contribution is -2.46. The fourth-order valence-corrected chi connectivity index (χ4v) is 3.48. The molecule has 0 bridgehead atoms. The maximum atomic E-state index is 14.3. The number of carbonyl (C=O) groups is 1. The lowest BCUT2D eigenvalue weighted by atomic mass is 9.75. The molecular formula is C18H24FO6S-. The Balaban J connectivity index is 2.18. The van der Waals surface area contributed by atoms with Crippen LogP contribution in [0.4, 0.5) is 4.39 Å². The van der Waals surface area contributed by atoms with Crippen molar-refractivity contribution in [1.82, 2.24) is 0 Å². The fourth-order valence-electron chi connectivity index (χ4n) is 3.19. The Bertz CT molecular complexity index is 760. The van der Waals surface area contributed by atoms with Crippen LogP contribution in [0.5, 0.6) is 5.75 Å². The van der Waals surface area contributed by atoms with Crippen LogP contribution in [-0.4, -0.2) is 36.9 Å². The minimum absolute atomic E-state index is 0.0340. The van der Waals surface area contributed by atoms with Gasteiger partial charge in [-0.2, -0.15) is 0 Å². The van der Waals surface area contributed by atoms with E-state index < -0.39 is 39.9 Å². The van der Waals surface area contributed by atoms with Gasteiger partial charge in [0.15, 0.2) is 11.6 Å². The second kappa shape index (κ2) is 7.52. The SMILES string of the molecule is CC(C)(C)C1(Oc2cc(C(=O)OCCS(=O)(=O)[O-])ccc2F)CCCC1. The molecule has 1 fully saturated rings. The number of halogens is 1. The van der Waals surface area contributed by atoms with Gasteiger partial charge in [-0.3, -0.25) is 0 Å². The minimum atomic E-state index is -4.47. The molecule has 26 heavy (non-hydrogen) atoms. The average molecular weight is 387 g/mol. The maximum absolute atomic E-state index is 14.3. The third-order valence-corrected chi connectivity index (χ3v) is 5.48. The molecule has 0 unspecified atom stereocenters. The molecule has 0 spiro atoms. The van der Waals surface area contributed by atoms with E-state index in [0.717, 1.165) is 31.7 Å². The van der Waals surface area contributed by atoms with E-state index in [1.165, 1.54) is 12.1 Å². The van der Waals surface area contributed by atoms with Gasteiger partial charge < -0.3 is 14.0 Å². The third-order valence-electron chi connectivity index (χ3n) is 4.82. The van der Waals surface area contributed by atoms with Gasteiger partial charge >= 0.3 is 5.97 Å². The van der Waals surface area contributed by atoms with Crippen molar-refractivity contribution in [2.24, 2.45) is 5.41 Å². The smallest absolute Gasteiger partial charge is 0.338 e. The van der Waals surface area contributed by atoms with Gasteiger partial charge in [0.05, 0.1) is 21.4 Å². The lowest BCUT2D eigenvalue weighted by molar-refractivity contribution is -0.0297. The maximum Gasteiger partial charge on any atom is 0.338 e. The monoisotopic (exact) mass is 387 g/mol. The molecule has 0 N–H and O–H groups in total. The van der Waals surface area contributed by atoms with Gasteiger partial charge in [0.1, 0.15) is 12.2 Å². The van der Waals surface area contributed by atoms with E-state index in [-0.39, 0.29) is 16.7 Å². The molecule has 0 aliphatic heterocycles. The van der Waals surface area contributed by atoms with Crippen molar-refractivity contribution in [3.8, 4) is 5.75 Å². The highest BCUT2D eigenvalue weighted by Crippen LogP contribution is 2.47. The Morgan fingerprint density at radius 2 is 1.88 bits per heavy atom. The summed E-state index contributed by atoms with van der Waals surface area (Å²) in [6, 6.07) is 3.60. The van der Waals surface area contributed by atoms with Gasteiger partial charge in [-0.15, -0.1) is 0 Å². The van der Waals surface area contributed by atoms with E-state index in [4.69, 9.17) is 9.47 Å². The van der Waals surface area contributed by atoms with Crippen molar-refractivity contribution in [2.75, 3.05) is 12.4 Å². The molecule has 8 heteroatoms. The molecule has 0 heterocycles. The molecule has 0 saturated heterocycles. The molecule has 0 amide bonds. The van der Waals surface area contributed by atoms with Gasteiger partial charge in [0, 0.05) is 5.41 Å². The van der Waals surface area contributed by atoms with E-state index in [2.05, 4.69) is 0 Å². The van der Waals surface area contributed by atoms with Gasteiger partial charge in [-0.05, 0) is 43.9 Å². The third kappa shape index (κ3) is 4.94. The fraction of sp³-hybridized carbons (Fsp3) is 0.611. The minimum Gasteiger partial charge on any atom is -0.748 e. The Labute approximate surface area is 153 Å². The summed E-state index contributed by atoms with van der Waals surface area (Å²) in [5.74, 6) is -2.27. The van der Waals surface area contributed by atoms with E-state index >= 15 is 0 Å². The summed E-state index contributed by atoms with van der Waals surface area (Å²) < 4.78 is 56.8. The van der Waals surface area contributed by atoms with Gasteiger partial charge in [-0.25, -0.2) is 17.6 Å². The Kier molecular flexibility index (Phi) is 5.97. The van der Waals surface area contributed by atoms with Crippen molar-refractivity contribution in [3.05, 3.63) is 29.6 Å². The van der Waals surface area contributed by atoms with E-state index in [9.17, 15) is 22.2 Å². The standard InChI is InChI=1S/C18H25FO6S/c1-17(2,3)18(8-4-5-9-18)25-15-12-13(6-7-14(15)19)16(20)24-10-11-26(21,22)23/h6-7,12H,4-5,8-11H2,1-3H3,(H,21,22,23)/p-1. The van der Waals surface area contributed by atoms with Crippen LogP contribution in [0.15, 0.2) is 18.2 Å². The summed E-state index contributed by atoms with van der Waals surface area (Å²) in [6.07, 6.45) is 3.58. The quantitative estimate of drug-likeness (QED) is 0.549. The van der Waals surface area contributed by atoms with Crippen LogP contribution in [0, 0.1) is 11.2 Å². The van der Waals surface area contributed by atoms with Crippen LogP contribution in [-0.2, 0) is 14.9 Å². The number of hydrogen-bond donors (Lipinski definition) is 0. The first kappa shape index (κ1) is 20.6. The molecule has 1 aromatic rings. The van der Waals surface area contributed by atoms with Crippen LogP contribution in [0.1, 0.15) is 56.8 Å². The van der Waals surface area contributed by atoms with Gasteiger partial charge in [0.25, 0.3) is 0 Å². The summed E-state index contributed by atoms with van der Waals surface area (Å²) in [5.41, 5.74) is -0.700. The van der Waals surface area contributed by atoms with Crippen molar-refractivity contribution >= 4 is 16.1 Å². The van der Waals surface area contributed by atoms with Crippen molar-refractivity contribution in [3.63, 3.8) is 0 Å². The zero-order valence-electron chi connectivity index (χ0n) is 15.2. The summed E-state index contributed by atoms with van der Waals surface area (Å²) >= 11 is 0. The van der Waals surface area contributed by atoms with Crippen LogP contribution < -0.4 is 4.74 Å². The normalized spacial score (nSPS) is 17.1. The number of benzene rings is 1. The number of hydrogen-bond acceptors (Lipinski definition) is 6. The van der Waals surface area contributed by atoms with E-state index in [1.807, 2.05) is 20.8 Å². The number of rotatable bonds is 6. The van der Waals surface area contributed by atoms with Gasteiger partial charge in [0.2, 0.25) is 0 Å². The molecule has 1 aliphatic rings. The molecule has 1 aromatic carbocycles. The molecule has 6 nitrogen and oxygen atoms in total. The van der Waals surface area contributed by atoms with E-state index in [1.54, 1.807) is 0 Å². The summed E-state index contributed by atoms with van der Waals surface area (Å²) in [4.78, 5) is 12.0. The van der Waals surface area contributed by atoms with E-state index in [0.29, 0.717) is 0 Å². The van der Waals surface area contributed by atoms with Crippen LogP contribution >= 0.6 is 0 Å². The Morgan fingerprint density at radius 3 is 2.42 bits per heavy atom. The average Bonchev–Trinajstić information content (AvgIpc) is 2.97. The number of ether oxygens (including phenoxy) is 2. The summed E-state index contributed by atoms with van der Waals surface area (Å²) in [6.45, 7) is 5.57. The molecule has 0 aromatic heterocycles. The topological polar surface area (TPSA) is 92.7 Å². The second-order valence-corrected chi connectivity index (χ2v) is 9.12. The molecular weight excluding hydrogens is 363 g/mol. The van der Waals surface area contributed by atoms with Crippen LogP contribution in [0.25, 0.3) is 0 Å². The molecule has 0 atom stereocenters. The predicted molar refractivity (Wildman–Crippen MR) is 92.5 cm³/mol. The first-order valence-electron chi connectivity index (χ1n) is 8.53. The van der Waals surface area contributed by atoms with Crippen LogP contribution in [0.3, 0.4) is 0 Å². The zero-order valence-corrected chi connectivity index (χ0v) is 16.0. The first-order valence-corrected chi connectivity index (χ1v) is 10.1. The van der Waals surface area contributed by atoms with Crippen molar-refractivity contribution in [2.45, 2.75) is 52.1 Å². The Hall–Kier alpha value is -1.67. The van der Waals surface area contributed by atoms with Crippen molar-refractivity contribution in [1.29, 1.82) is 0 Å². The lowest BCUT2D eigenvalue weighted by Gasteiger charge is -2.42. The number of esters is 1. The van der Waals surface area contributed by atoms with Crippen molar-refractivity contribution < 1.29 is 31.6 Å². The molecule has 146 valence electrons. The highest BCUT2D eigenvalue weighted by atomic mass is 32.2. The molecule has 2 rings (SSSR count). The Morgan fingerprint density at radius 1 is 1.27 bits per heavy atom. The molecule has 0 radical (unpaired) electrons. The van der Waals surface area contributed by atoms with Crippen LogP contribution in [0.2, 0.25) is 0 Å². The highest BCUT2D eigenvalue weighted by molar-refractivity contribution is 7.85. The van der Waals surface area contributed by atoms with Gasteiger partial charge in [-0.1, -0.05) is 20.8 Å². The predicted octanol–water partition coefficient (Wildman–Crippen LogP) is 3.27. The largest absolute Gasteiger partial charge is 0.748 e.